The van der Waals surface area contributed by atoms with Crippen molar-refractivity contribution in [3.05, 3.63) is 47.0 Å². The average Bonchev–Trinajstić information content (AvgIpc) is 2.88. The van der Waals surface area contributed by atoms with Crippen LogP contribution < -0.4 is 15.6 Å². The van der Waals surface area contributed by atoms with E-state index in [1.54, 1.807) is 6.07 Å². The van der Waals surface area contributed by atoms with Gasteiger partial charge in [0, 0.05) is 17.8 Å². The Hall–Kier alpha value is -2.90. The molecule has 0 saturated heterocycles. The molecular weight excluding hydrogens is 363 g/mol. The Balaban J connectivity index is 1.89. The van der Waals surface area contributed by atoms with Crippen LogP contribution in [-0.4, -0.2) is 27.7 Å². The van der Waals surface area contributed by atoms with Gasteiger partial charge in [-0.3, -0.25) is 25.1 Å². The zero-order valence-corrected chi connectivity index (χ0v) is 16.9. The van der Waals surface area contributed by atoms with Gasteiger partial charge in [0.2, 0.25) is 5.91 Å². The second-order valence-electron chi connectivity index (χ2n) is 7.13. The normalized spacial score (nSPS) is 12.0. The Kier molecular flexibility index (Phi) is 7.14. The lowest BCUT2D eigenvalue weighted by atomic mass is 10.1. The molecule has 152 valence electrons. The average molecular weight is 390 g/mol. The molecule has 1 heterocycles. The van der Waals surface area contributed by atoms with Crippen LogP contribution in [0.3, 0.4) is 0 Å². The molecule has 0 saturated carbocycles. The Labute approximate surface area is 164 Å². The highest BCUT2D eigenvalue weighted by Crippen LogP contribution is 2.17. The maximum atomic E-state index is 13.6. The summed E-state index contributed by atoms with van der Waals surface area (Å²) in [4.78, 5) is 24.3. The molecule has 0 aliphatic heterocycles. The van der Waals surface area contributed by atoms with E-state index in [-0.39, 0.29) is 18.1 Å². The first-order chi connectivity index (χ1) is 13.2. The summed E-state index contributed by atoms with van der Waals surface area (Å²) in [5.41, 5.74) is 7.23. The molecule has 0 spiro atoms. The Morgan fingerprint density at radius 3 is 2.50 bits per heavy atom. The SMILES string of the molecule is Cc1nn(CC(C)C)c(C)c1CC(=O)NNC(=O)[C@@H](C)Oc1ccccc1F. The number of para-hydroxylation sites is 1. The van der Waals surface area contributed by atoms with E-state index >= 15 is 0 Å². The summed E-state index contributed by atoms with van der Waals surface area (Å²) in [5, 5.41) is 4.48. The molecule has 2 rings (SSSR count). The number of hydrazine groups is 1. The largest absolute Gasteiger partial charge is 0.478 e. The van der Waals surface area contributed by atoms with Crippen molar-refractivity contribution < 1.29 is 18.7 Å². The zero-order valence-electron chi connectivity index (χ0n) is 16.9. The topological polar surface area (TPSA) is 85.3 Å². The van der Waals surface area contributed by atoms with E-state index < -0.39 is 17.8 Å². The monoisotopic (exact) mass is 390 g/mol. The molecule has 28 heavy (non-hydrogen) atoms. The number of ether oxygens (including phenoxy) is 1. The van der Waals surface area contributed by atoms with Crippen molar-refractivity contribution in [1.82, 2.24) is 20.6 Å². The second-order valence-corrected chi connectivity index (χ2v) is 7.13. The van der Waals surface area contributed by atoms with Crippen molar-refractivity contribution in [2.45, 2.75) is 53.7 Å². The number of carbonyl (C=O) groups is 2. The third-order valence-electron chi connectivity index (χ3n) is 4.24. The van der Waals surface area contributed by atoms with Gasteiger partial charge in [0.05, 0.1) is 12.1 Å². The number of nitrogens with zero attached hydrogens (tertiary/aromatic N) is 2. The first-order valence-electron chi connectivity index (χ1n) is 9.21. The number of carbonyl (C=O) groups excluding carboxylic acids is 2. The fourth-order valence-corrected chi connectivity index (χ4v) is 2.74. The fourth-order valence-electron chi connectivity index (χ4n) is 2.74. The number of halogens is 1. The number of aromatic nitrogens is 2. The summed E-state index contributed by atoms with van der Waals surface area (Å²) >= 11 is 0. The molecular formula is C20H27FN4O3. The van der Waals surface area contributed by atoms with Crippen LogP contribution in [0.4, 0.5) is 4.39 Å². The standard InChI is InChI=1S/C20H27FN4O3/c1-12(2)11-25-14(4)16(13(3)24-25)10-19(26)22-23-20(27)15(5)28-18-9-7-6-8-17(18)21/h6-9,12,15H,10-11H2,1-5H3,(H,22,26)(H,23,27)/t15-/m1/s1. The van der Waals surface area contributed by atoms with Crippen molar-refractivity contribution in [3.8, 4) is 5.75 Å². The Morgan fingerprint density at radius 1 is 1.18 bits per heavy atom. The number of rotatable bonds is 7. The number of benzene rings is 1. The van der Waals surface area contributed by atoms with Crippen LogP contribution in [0.5, 0.6) is 5.75 Å². The molecule has 1 atom stereocenters. The van der Waals surface area contributed by atoms with E-state index in [2.05, 4.69) is 29.8 Å². The van der Waals surface area contributed by atoms with E-state index in [4.69, 9.17) is 4.74 Å². The van der Waals surface area contributed by atoms with Crippen LogP contribution in [0.15, 0.2) is 24.3 Å². The summed E-state index contributed by atoms with van der Waals surface area (Å²) in [6, 6.07) is 5.80. The molecule has 1 aromatic heterocycles. The van der Waals surface area contributed by atoms with Crippen LogP contribution in [0.1, 0.15) is 37.7 Å². The third kappa shape index (κ3) is 5.55. The predicted molar refractivity (Wildman–Crippen MR) is 103 cm³/mol. The first-order valence-corrected chi connectivity index (χ1v) is 9.21. The summed E-state index contributed by atoms with van der Waals surface area (Å²) in [7, 11) is 0. The highest BCUT2D eigenvalue weighted by Gasteiger charge is 2.19. The second kappa shape index (κ2) is 9.34. The maximum absolute atomic E-state index is 13.6. The molecule has 0 radical (unpaired) electrons. The van der Waals surface area contributed by atoms with Crippen LogP contribution in [0, 0.1) is 25.6 Å². The van der Waals surface area contributed by atoms with Gasteiger partial charge < -0.3 is 4.74 Å². The van der Waals surface area contributed by atoms with Crippen molar-refractivity contribution in [2.75, 3.05) is 0 Å². The molecule has 2 aromatic rings. The van der Waals surface area contributed by atoms with Crippen molar-refractivity contribution >= 4 is 11.8 Å². The molecule has 1 aromatic carbocycles. The highest BCUT2D eigenvalue weighted by atomic mass is 19.1. The van der Waals surface area contributed by atoms with E-state index in [0.717, 1.165) is 23.5 Å². The molecule has 0 aliphatic rings. The van der Waals surface area contributed by atoms with Gasteiger partial charge in [-0.25, -0.2) is 4.39 Å². The third-order valence-corrected chi connectivity index (χ3v) is 4.24. The smallest absolute Gasteiger partial charge is 0.279 e. The van der Waals surface area contributed by atoms with Gasteiger partial charge in [-0.15, -0.1) is 0 Å². The summed E-state index contributed by atoms with van der Waals surface area (Å²) < 4.78 is 20.8. The number of hydrogen-bond donors (Lipinski definition) is 2. The highest BCUT2D eigenvalue weighted by molar-refractivity contribution is 5.85. The lowest BCUT2D eigenvalue weighted by Crippen LogP contribution is -2.47. The van der Waals surface area contributed by atoms with Gasteiger partial charge in [0.1, 0.15) is 0 Å². The molecule has 8 heteroatoms. The van der Waals surface area contributed by atoms with Crippen LogP contribution in [0.25, 0.3) is 0 Å². The van der Waals surface area contributed by atoms with Gasteiger partial charge in [0.15, 0.2) is 17.7 Å². The summed E-state index contributed by atoms with van der Waals surface area (Å²) in [6.45, 7) is 10.2. The number of aryl methyl sites for hydroxylation is 1. The van der Waals surface area contributed by atoms with E-state index in [9.17, 15) is 14.0 Å². The van der Waals surface area contributed by atoms with E-state index in [1.807, 2.05) is 18.5 Å². The minimum Gasteiger partial charge on any atom is -0.478 e. The molecule has 0 bridgehead atoms. The van der Waals surface area contributed by atoms with Crippen molar-refractivity contribution in [1.29, 1.82) is 0 Å². The van der Waals surface area contributed by atoms with E-state index in [0.29, 0.717) is 5.92 Å². The van der Waals surface area contributed by atoms with E-state index in [1.165, 1.54) is 25.1 Å². The van der Waals surface area contributed by atoms with Crippen LogP contribution >= 0.6 is 0 Å². The summed E-state index contributed by atoms with van der Waals surface area (Å²) in [6.07, 6.45) is -0.882. The van der Waals surface area contributed by atoms with Gasteiger partial charge in [0.25, 0.3) is 5.91 Å². The number of hydrogen-bond acceptors (Lipinski definition) is 4. The molecule has 0 aliphatic carbocycles. The summed E-state index contributed by atoms with van der Waals surface area (Å²) in [5.74, 6) is -1.10. The van der Waals surface area contributed by atoms with Gasteiger partial charge >= 0.3 is 0 Å². The molecule has 0 unspecified atom stereocenters. The predicted octanol–water partition coefficient (Wildman–Crippen LogP) is 2.45. The maximum Gasteiger partial charge on any atom is 0.279 e. The van der Waals surface area contributed by atoms with Crippen molar-refractivity contribution in [3.63, 3.8) is 0 Å². The zero-order chi connectivity index (χ0) is 20.8. The lowest BCUT2D eigenvalue weighted by molar-refractivity contribution is -0.132. The van der Waals surface area contributed by atoms with Gasteiger partial charge in [-0.05, 0) is 38.8 Å². The molecule has 0 fully saturated rings. The minimum atomic E-state index is -0.977. The van der Waals surface area contributed by atoms with Crippen LogP contribution in [0.2, 0.25) is 0 Å². The van der Waals surface area contributed by atoms with Crippen molar-refractivity contribution in [2.24, 2.45) is 5.92 Å². The Morgan fingerprint density at radius 2 is 1.86 bits per heavy atom. The van der Waals surface area contributed by atoms with Gasteiger partial charge in [-0.1, -0.05) is 26.0 Å². The molecule has 2 N–H and O–H groups in total. The number of amides is 2. The quantitative estimate of drug-likeness (QED) is 0.711. The van der Waals surface area contributed by atoms with Crippen LogP contribution in [-0.2, 0) is 22.6 Å². The minimum absolute atomic E-state index is 0.0275. The molecule has 7 nitrogen and oxygen atoms in total. The van der Waals surface area contributed by atoms with Gasteiger partial charge in [-0.2, -0.15) is 5.10 Å². The number of nitrogens with one attached hydrogen (secondary N) is 2. The fraction of sp³-hybridized carbons (Fsp3) is 0.450. The Bertz CT molecular complexity index is 848. The molecule has 2 amide bonds. The first kappa shape index (κ1) is 21.4. The lowest BCUT2D eigenvalue weighted by Gasteiger charge is -2.15.